The van der Waals surface area contributed by atoms with E-state index in [9.17, 15) is 4.79 Å². The zero-order valence-corrected chi connectivity index (χ0v) is 19.4. The third-order valence-electron chi connectivity index (χ3n) is 5.17. The standard InChI is InChI=1S/C23H26Cl2N4O2/c1-23(2,3)31-22(30)28-11-10-17(14-28)26-21-27-19-6-4-5-7-20(19)29(21)13-15-8-9-16(24)12-18(15)25/h4-9,12,17H,10-11,13-14H2,1-3H3,(H,26,27)/t17-/m1/s1. The van der Waals surface area contributed by atoms with E-state index in [4.69, 9.17) is 32.9 Å². The fourth-order valence-electron chi connectivity index (χ4n) is 3.72. The summed E-state index contributed by atoms with van der Waals surface area (Å²) in [7, 11) is 0. The van der Waals surface area contributed by atoms with Crippen LogP contribution in [0.5, 0.6) is 0 Å². The Morgan fingerprint density at radius 1 is 1.23 bits per heavy atom. The van der Waals surface area contributed by atoms with Gasteiger partial charge in [-0.05, 0) is 57.0 Å². The maximum Gasteiger partial charge on any atom is 0.410 e. The molecule has 2 aromatic carbocycles. The molecule has 3 aromatic rings. The van der Waals surface area contributed by atoms with Crippen LogP contribution >= 0.6 is 23.2 Å². The van der Waals surface area contributed by atoms with Crippen molar-refractivity contribution < 1.29 is 9.53 Å². The number of rotatable bonds is 4. The molecule has 0 aliphatic carbocycles. The Hall–Kier alpha value is -2.44. The van der Waals surface area contributed by atoms with Crippen LogP contribution in [0.25, 0.3) is 11.0 Å². The van der Waals surface area contributed by atoms with Gasteiger partial charge in [0.05, 0.1) is 17.6 Å². The second-order valence-electron chi connectivity index (χ2n) is 8.80. The molecule has 8 heteroatoms. The van der Waals surface area contributed by atoms with Crippen molar-refractivity contribution in [2.24, 2.45) is 0 Å². The molecular formula is C23H26Cl2N4O2. The Balaban J connectivity index is 1.56. The van der Waals surface area contributed by atoms with Gasteiger partial charge in [0.2, 0.25) is 5.95 Å². The van der Waals surface area contributed by atoms with Crippen molar-refractivity contribution >= 4 is 46.3 Å². The average molecular weight is 461 g/mol. The number of imidazole rings is 1. The predicted molar refractivity (Wildman–Crippen MR) is 125 cm³/mol. The number of anilines is 1. The molecule has 0 spiro atoms. The number of hydrogen-bond donors (Lipinski definition) is 1. The maximum absolute atomic E-state index is 12.4. The van der Waals surface area contributed by atoms with E-state index in [-0.39, 0.29) is 12.1 Å². The predicted octanol–water partition coefficient (Wildman–Crippen LogP) is 5.81. The first-order valence-electron chi connectivity index (χ1n) is 10.3. The molecular weight excluding hydrogens is 435 g/mol. The molecule has 0 saturated carbocycles. The van der Waals surface area contributed by atoms with Gasteiger partial charge in [-0.1, -0.05) is 41.4 Å². The van der Waals surface area contributed by atoms with Crippen LogP contribution in [0.1, 0.15) is 32.8 Å². The third-order valence-corrected chi connectivity index (χ3v) is 5.76. The fourth-order valence-corrected chi connectivity index (χ4v) is 4.19. The van der Waals surface area contributed by atoms with E-state index in [1.54, 1.807) is 11.0 Å². The summed E-state index contributed by atoms with van der Waals surface area (Å²) in [6.07, 6.45) is 0.544. The first-order chi connectivity index (χ1) is 14.7. The summed E-state index contributed by atoms with van der Waals surface area (Å²) in [6.45, 7) is 7.40. The van der Waals surface area contributed by atoms with Gasteiger partial charge < -0.3 is 19.5 Å². The van der Waals surface area contributed by atoms with Crippen molar-refractivity contribution in [3.8, 4) is 0 Å². The summed E-state index contributed by atoms with van der Waals surface area (Å²) in [6, 6.07) is 13.6. The molecule has 1 amide bonds. The van der Waals surface area contributed by atoms with Crippen LogP contribution in [0.2, 0.25) is 10.0 Å². The molecule has 31 heavy (non-hydrogen) atoms. The van der Waals surface area contributed by atoms with Crippen LogP contribution in [0, 0.1) is 0 Å². The molecule has 1 saturated heterocycles. The number of likely N-dealkylation sites (tertiary alicyclic amines) is 1. The monoisotopic (exact) mass is 460 g/mol. The first kappa shape index (κ1) is 21.8. The highest BCUT2D eigenvalue weighted by Gasteiger charge is 2.30. The van der Waals surface area contributed by atoms with Crippen molar-refractivity contribution in [1.29, 1.82) is 0 Å². The van der Waals surface area contributed by atoms with Gasteiger partial charge in [-0.25, -0.2) is 9.78 Å². The van der Waals surface area contributed by atoms with Gasteiger partial charge in [0.1, 0.15) is 5.60 Å². The smallest absolute Gasteiger partial charge is 0.410 e. The highest BCUT2D eigenvalue weighted by atomic mass is 35.5. The summed E-state index contributed by atoms with van der Waals surface area (Å²) in [5.41, 5.74) is 2.36. The topological polar surface area (TPSA) is 59.4 Å². The van der Waals surface area contributed by atoms with Crippen molar-refractivity contribution in [2.45, 2.75) is 45.4 Å². The molecule has 1 aromatic heterocycles. The number of carbonyl (C=O) groups is 1. The van der Waals surface area contributed by atoms with E-state index in [0.29, 0.717) is 29.7 Å². The number of nitrogens with zero attached hydrogens (tertiary/aromatic N) is 3. The highest BCUT2D eigenvalue weighted by molar-refractivity contribution is 6.35. The van der Waals surface area contributed by atoms with Crippen molar-refractivity contribution in [1.82, 2.24) is 14.5 Å². The molecule has 1 aliphatic rings. The van der Waals surface area contributed by atoms with Gasteiger partial charge >= 0.3 is 6.09 Å². The zero-order valence-electron chi connectivity index (χ0n) is 17.9. The number of nitrogens with one attached hydrogen (secondary N) is 1. The highest BCUT2D eigenvalue weighted by Crippen LogP contribution is 2.27. The number of halogens is 2. The number of carbonyl (C=O) groups excluding carboxylic acids is 1. The number of benzene rings is 2. The Bertz CT molecular complexity index is 1110. The van der Waals surface area contributed by atoms with Crippen LogP contribution in [-0.2, 0) is 11.3 Å². The molecule has 0 unspecified atom stereocenters. The van der Waals surface area contributed by atoms with Crippen LogP contribution in [0.3, 0.4) is 0 Å². The molecule has 1 fully saturated rings. The molecule has 1 aliphatic heterocycles. The lowest BCUT2D eigenvalue weighted by Crippen LogP contribution is -2.36. The van der Waals surface area contributed by atoms with Crippen LogP contribution in [0.15, 0.2) is 42.5 Å². The number of ether oxygens (including phenoxy) is 1. The van der Waals surface area contributed by atoms with Gasteiger partial charge in [0, 0.05) is 29.2 Å². The SMILES string of the molecule is CC(C)(C)OC(=O)N1CC[C@@H](Nc2nc3ccccc3n2Cc2ccc(Cl)cc2Cl)C1. The van der Waals surface area contributed by atoms with Crippen LogP contribution in [-0.4, -0.2) is 45.3 Å². The summed E-state index contributed by atoms with van der Waals surface area (Å²) < 4.78 is 7.62. The van der Waals surface area contributed by atoms with E-state index < -0.39 is 5.60 Å². The zero-order chi connectivity index (χ0) is 22.2. The average Bonchev–Trinajstić information content (AvgIpc) is 3.28. The largest absolute Gasteiger partial charge is 0.444 e. The van der Waals surface area contributed by atoms with Gasteiger partial charge in [-0.3, -0.25) is 0 Å². The van der Waals surface area contributed by atoms with E-state index in [0.717, 1.165) is 29.0 Å². The van der Waals surface area contributed by atoms with Crippen LogP contribution in [0.4, 0.5) is 10.7 Å². The molecule has 4 rings (SSSR count). The van der Waals surface area contributed by atoms with Crippen molar-refractivity contribution in [3.05, 3.63) is 58.1 Å². The summed E-state index contributed by atoms with van der Waals surface area (Å²) in [4.78, 5) is 18.9. The molecule has 164 valence electrons. The lowest BCUT2D eigenvalue weighted by Gasteiger charge is -2.24. The second kappa shape index (κ2) is 8.60. The Morgan fingerprint density at radius 2 is 2.00 bits per heavy atom. The van der Waals surface area contributed by atoms with E-state index in [1.165, 1.54) is 0 Å². The van der Waals surface area contributed by atoms with E-state index >= 15 is 0 Å². The quantitative estimate of drug-likeness (QED) is 0.533. The van der Waals surface area contributed by atoms with Crippen molar-refractivity contribution in [2.75, 3.05) is 18.4 Å². The first-order valence-corrected chi connectivity index (χ1v) is 11.1. The number of aromatic nitrogens is 2. The number of hydrogen-bond acceptors (Lipinski definition) is 4. The number of para-hydroxylation sites is 2. The lowest BCUT2D eigenvalue weighted by atomic mass is 10.2. The maximum atomic E-state index is 12.4. The molecule has 0 radical (unpaired) electrons. The van der Waals surface area contributed by atoms with Gasteiger partial charge in [-0.15, -0.1) is 0 Å². The minimum atomic E-state index is -0.506. The molecule has 0 bridgehead atoms. The molecule has 1 atom stereocenters. The summed E-state index contributed by atoms with van der Waals surface area (Å²) in [5.74, 6) is 0.753. The molecule has 2 heterocycles. The lowest BCUT2D eigenvalue weighted by molar-refractivity contribution is 0.0293. The fraction of sp³-hybridized carbons (Fsp3) is 0.391. The minimum absolute atomic E-state index is 0.0868. The van der Waals surface area contributed by atoms with E-state index in [1.807, 2.05) is 57.2 Å². The van der Waals surface area contributed by atoms with Crippen molar-refractivity contribution in [3.63, 3.8) is 0 Å². The molecule has 1 N–H and O–H groups in total. The summed E-state index contributed by atoms with van der Waals surface area (Å²) in [5, 5.41) is 4.76. The molecule has 6 nitrogen and oxygen atoms in total. The van der Waals surface area contributed by atoms with Gasteiger partial charge in [0.25, 0.3) is 0 Å². The second-order valence-corrected chi connectivity index (χ2v) is 9.65. The van der Waals surface area contributed by atoms with E-state index in [2.05, 4.69) is 9.88 Å². The Morgan fingerprint density at radius 3 is 2.74 bits per heavy atom. The van der Waals surface area contributed by atoms with Gasteiger partial charge in [0.15, 0.2) is 0 Å². The number of fused-ring (bicyclic) bond motifs is 1. The number of amides is 1. The van der Waals surface area contributed by atoms with Crippen LogP contribution < -0.4 is 5.32 Å². The normalized spacial score (nSPS) is 16.7. The van der Waals surface area contributed by atoms with Gasteiger partial charge in [-0.2, -0.15) is 0 Å². The third kappa shape index (κ3) is 5.08. The Kier molecular flexibility index (Phi) is 6.04. The Labute approximate surface area is 192 Å². The summed E-state index contributed by atoms with van der Waals surface area (Å²) >= 11 is 12.5. The minimum Gasteiger partial charge on any atom is -0.444 e.